The molecule has 8 heteroatoms. The maximum Gasteiger partial charge on any atom is 0.316 e. The SMILES string of the molecule is CCOc1ncc(NC(=O)COc2ccc(Cl)cc2Cl)cn1. The Morgan fingerprint density at radius 3 is 2.59 bits per heavy atom. The monoisotopic (exact) mass is 341 g/mol. The molecule has 1 aromatic carbocycles. The van der Waals surface area contributed by atoms with Crippen LogP contribution in [0.5, 0.6) is 11.8 Å². The molecule has 0 aliphatic heterocycles. The van der Waals surface area contributed by atoms with Gasteiger partial charge in [0.15, 0.2) is 6.61 Å². The molecule has 0 fully saturated rings. The normalized spacial score (nSPS) is 10.1. The Labute approximate surface area is 137 Å². The number of carbonyl (C=O) groups excluding carboxylic acids is 1. The summed E-state index contributed by atoms with van der Waals surface area (Å²) in [5, 5.41) is 3.43. The fourth-order valence-electron chi connectivity index (χ4n) is 1.52. The summed E-state index contributed by atoms with van der Waals surface area (Å²) in [5.41, 5.74) is 0.444. The van der Waals surface area contributed by atoms with Gasteiger partial charge >= 0.3 is 6.01 Å². The topological polar surface area (TPSA) is 73.3 Å². The van der Waals surface area contributed by atoms with Crippen LogP contribution in [0.3, 0.4) is 0 Å². The van der Waals surface area contributed by atoms with E-state index >= 15 is 0 Å². The molecule has 1 amide bonds. The van der Waals surface area contributed by atoms with Crippen molar-refractivity contribution in [2.75, 3.05) is 18.5 Å². The van der Waals surface area contributed by atoms with Crippen molar-refractivity contribution in [1.29, 1.82) is 0 Å². The molecule has 1 aromatic heterocycles. The van der Waals surface area contributed by atoms with Gasteiger partial charge in [-0.15, -0.1) is 0 Å². The van der Waals surface area contributed by atoms with E-state index in [9.17, 15) is 4.79 Å². The van der Waals surface area contributed by atoms with Crippen LogP contribution in [0.4, 0.5) is 5.69 Å². The maximum absolute atomic E-state index is 11.8. The molecular weight excluding hydrogens is 329 g/mol. The van der Waals surface area contributed by atoms with Gasteiger partial charge in [0.25, 0.3) is 5.91 Å². The van der Waals surface area contributed by atoms with Crippen molar-refractivity contribution in [1.82, 2.24) is 9.97 Å². The van der Waals surface area contributed by atoms with Crippen molar-refractivity contribution >= 4 is 34.8 Å². The zero-order valence-electron chi connectivity index (χ0n) is 11.7. The average Bonchev–Trinajstić information content (AvgIpc) is 2.49. The Hall–Kier alpha value is -2.05. The lowest BCUT2D eigenvalue weighted by molar-refractivity contribution is -0.118. The first-order valence-electron chi connectivity index (χ1n) is 6.41. The van der Waals surface area contributed by atoms with Gasteiger partial charge in [-0.05, 0) is 25.1 Å². The molecule has 0 radical (unpaired) electrons. The van der Waals surface area contributed by atoms with Gasteiger partial charge < -0.3 is 14.8 Å². The van der Waals surface area contributed by atoms with E-state index in [-0.39, 0.29) is 18.5 Å². The van der Waals surface area contributed by atoms with Crippen molar-refractivity contribution in [3.05, 3.63) is 40.6 Å². The first-order valence-corrected chi connectivity index (χ1v) is 7.16. The quantitative estimate of drug-likeness (QED) is 0.873. The minimum absolute atomic E-state index is 0.200. The number of nitrogens with zero attached hydrogens (tertiary/aromatic N) is 2. The lowest BCUT2D eigenvalue weighted by atomic mass is 10.3. The smallest absolute Gasteiger partial charge is 0.316 e. The fraction of sp³-hybridized carbons (Fsp3) is 0.214. The molecule has 0 unspecified atom stereocenters. The molecule has 0 saturated heterocycles. The molecule has 0 aliphatic carbocycles. The Balaban J connectivity index is 1.87. The summed E-state index contributed by atoms with van der Waals surface area (Å²) in [6.45, 7) is 2.11. The zero-order valence-corrected chi connectivity index (χ0v) is 13.2. The number of hydrogen-bond donors (Lipinski definition) is 1. The average molecular weight is 342 g/mol. The summed E-state index contributed by atoms with van der Waals surface area (Å²) in [6, 6.07) is 5.01. The molecule has 2 rings (SSSR count). The first-order chi connectivity index (χ1) is 10.6. The van der Waals surface area contributed by atoms with Gasteiger partial charge in [-0.3, -0.25) is 4.79 Å². The van der Waals surface area contributed by atoms with Crippen LogP contribution in [0, 0.1) is 0 Å². The second-order valence-corrected chi connectivity index (χ2v) is 4.94. The highest BCUT2D eigenvalue weighted by atomic mass is 35.5. The summed E-state index contributed by atoms with van der Waals surface area (Å²) >= 11 is 11.7. The van der Waals surface area contributed by atoms with E-state index in [1.165, 1.54) is 18.5 Å². The van der Waals surface area contributed by atoms with Crippen molar-refractivity contribution in [3.8, 4) is 11.8 Å². The molecule has 0 aliphatic rings. The van der Waals surface area contributed by atoms with Gasteiger partial charge in [0.2, 0.25) is 0 Å². The second-order valence-electron chi connectivity index (χ2n) is 4.10. The lowest BCUT2D eigenvalue weighted by Crippen LogP contribution is -2.20. The summed E-state index contributed by atoms with van der Waals surface area (Å²) in [7, 11) is 0. The van der Waals surface area contributed by atoms with Crippen LogP contribution in [-0.2, 0) is 4.79 Å². The second kappa shape index (κ2) is 7.82. The van der Waals surface area contributed by atoms with Gasteiger partial charge in [0.05, 0.1) is 29.7 Å². The number of halogens is 2. The van der Waals surface area contributed by atoms with Gasteiger partial charge in [0.1, 0.15) is 5.75 Å². The van der Waals surface area contributed by atoms with Crippen molar-refractivity contribution in [2.24, 2.45) is 0 Å². The summed E-state index contributed by atoms with van der Waals surface area (Å²) in [6.07, 6.45) is 2.90. The minimum atomic E-state index is -0.362. The largest absolute Gasteiger partial charge is 0.482 e. The molecule has 6 nitrogen and oxygen atoms in total. The van der Waals surface area contributed by atoms with E-state index < -0.39 is 0 Å². The highest BCUT2D eigenvalue weighted by Crippen LogP contribution is 2.27. The Kier molecular flexibility index (Phi) is 5.80. The molecule has 0 spiro atoms. The number of aromatic nitrogens is 2. The number of anilines is 1. The van der Waals surface area contributed by atoms with E-state index in [2.05, 4.69) is 15.3 Å². The maximum atomic E-state index is 11.8. The summed E-state index contributed by atoms with van der Waals surface area (Å²) in [5.74, 6) is 0.0166. The molecule has 1 heterocycles. The van der Waals surface area contributed by atoms with Crippen LogP contribution >= 0.6 is 23.2 Å². The van der Waals surface area contributed by atoms with Gasteiger partial charge in [-0.1, -0.05) is 23.2 Å². The Morgan fingerprint density at radius 1 is 1.23 bits per heavy atom. The van der Waals surface area contributed by atoms with Crippen molar-refractivity contribution in [2.45, 2.75) is 6.92 Å². The molecule has 116 valence electrons. The zero-order chi connectivity index (χ0) is 15.9. The van der Waals surface area contributed by atoms with Crippen molar-refractivity contribution in [3.63, 3.8) is 0 Å². The third-order valence-electron chi connectivity index (χ3n) is 2.44. The number of hydrogen-bond acceptors (Lipinski definition) is 5. The number of rotatable bonds is 6. The summed E-state index contributed by atoms with van der Waals surface area (Å²) in [4.78, 5) is 19.7. The van der Waals surface area contributed by atoms with E-state index in [0.29, 0.717) is 28.1 Å². The van der Waals surface area contributed by atoms with E-state index in [0.717, 1.165) is 0 Å². The molecule has 2 aromatic rings. The number of amides is 1. The molecular formula is C14H13Cl2N3O3. The lowest BCUT2D eigenvalue weighted by Gasteiger charge is -2.09. The molecule has 0 atom stereocenters. The molecule has 0 bridgehead atoms. The fourth-order valence-corrected chi connectivity index (χ4v) is 1.98. The molecule has 22 heavy (non-hydrogen) atoms. The predicted octanol–water partition coefficient (Wildman–Crippen LogP) is 3.20. The first kappa shape index (κ1) is 16.3. The number of benzene rings is 1. The number of nitrogens with one attached hydrogen (secondary N) is 1. The minimum Gasteiger partial charge on any atom is -0.482 e. The third-order valence-corrected chi connectivity index (χ3v) is 2.97. The molecule has 0 saturated carbocycles. The Bertz CT molecular complexity index is 650. The van der Waals surface area contributed by atoms with Crippen LogP contribution in [0.25, 0.3) is 0 Å². The van der Waals surface area contributed by atoms with Crippen molar-refractivity contribution < 1.29 is 14.3 Å². The Morgan fingerprint density at radius 2 is 1.95 bits per heavy atom. The predicted molar refractivity (Wildman–Crippen MR) is 83.8 cm³/mol. The van der Waals surface area contributed by atoms with Crippen LogP contribution in [0.1, 0.15) is 6.92 Å². The highest BCUT2D eigenvalue weighted by Gasteiger charge is 2.08. The van der Waals surface area contributed by atoms with Crippen LogP contribution in [0.2, 0.25) is 10.0 Å². The van der Waals surface area contributed by atoms with Crippen LogP contribution < -0.4 is 14.8 Å². The number of ether oxygens (including phenoxy) is 2. The van der Waals surface area contributed by atoms with E-state index in [4.69, 9.17) is 32.7 Å². The standard InChI is InChI=1S/C14H13Cl2N3O3/c1-2-21-14-17-6-10(7-18-14)19-13(20)8-22-12-4-3-9(15)5-11(12)16/h3-7H,2,8H2,1H3,(H,19,20). The third kappa shape index (κ3) is 4.75. The van der Waals surface area contributed by atoms with Gasteiger partial charge in [-0.2, -0.15) is 0 Å². The van der Waals surface area contributed by atoms with Gasteiger partial charge in [-0.25, -0.2) is 9.97 Å². The highest BCUT2D eigenvalue weighted by molar-refractivity contribution is 6.35. The van der Waals surface area contributed by atoms with E-state index in [1.807, 2.05) is 6.92 Å². The number of carbonyl (C=O) groups is 1. The summed E-state index contributed by atoms with van der Waals surface area (Å²) < 4.78 is 10.4. The van der Waals surface area contributed by atoms with Crippen LogP contribution in [-0.4, -0.2) is 29.1 Å². The molecule has 1 N–H and O–H groups in total. The van der Waals surface area contributed by atoms with Crippen LogP contribution in [0.15, 0.2) is 30.6 Å². The van der Waals surface area contributed by atoms with E-state index in [1.54, 1.807) is 12.1 Å². The van der Waals surface area contributed by atoms with Gasteiger partial charge in [0, 0.05) is 5.02 Å².